The Morgan fingerprint density at radius 2 is 1.53 bits per heavy atom. The molecule has 0 bridgehead atoms. The number of carbonyl (C=O) groups excluding carboxylic acids is 1. The molecule has 0 saturated carbocycles. The predicted octanol–water partition coefficient (Wildman–Crippen LogP) is 0.496. The van der Waals surface area contributed by atoms with Crippen molar-refractivity contribution in [2.75, 3.05) is 12.4 Å². The molecule has 0 aliphatic carbocycles. The van der Waals surface area contributed by atoms with Gasteiger partial charge in [-0.05, 0) is 54.3 Å². The van der Waals surface area contributed by atoms with Gasteiger partial charge in [-0.25, -0.2) is 4.79 Å². The fourth-order valence-electron chi connectivity index (χ4n) is 0.507. The Morgan fingerprint density at radius 1 is 1.00 bits per heavy atom. The third kappa shape index (κ3) is 11.5. The molecular formula is C14H8O2S. The maximum atomic E-state index is 10.8. The highest BCUT2D eigenvalue weighted by atomic mass is 32.1. The largest absolute Gasteiger partial charge is 0.455 e. The Kier molecular flexibility index (Phi) is 10.1. The second kappa shape index (κ2) is 11.7. The molecule has 0 aliphatic heterocycles. The van der Waals surface area contributed by atoms with Gasteiger partial charge in [0.05, 0.1) is 0 Å². The molecule has 82 valence electrons. The average molecular weight is 240 g/mol. The number of ether oxygens (including phenoxy) is 1. The van der Waals surface area contributed by atoms with Crippen LogP contribution in [0, 0.1) is 59.2 Å². The molecule has 0 heterocycles. The second-order valence-electron chi connectivity index (χ2n) is 2.23. The molecule has 2 nitrogen and oxygen atoms in total. The summed E-state index contributed by atoms with van der Waals surface area (Å²) in [5, 5.41) is 0. The summed E-state index contributed by atoms with van der Waals surface area (Å²) in [5.74, 6) is 24.1. The smallest absolute Gasteiger partial charge is 0.385 e. The Morgan fingerprint density at radius 3 is 2.06 bits per heavy atom. The summed E-state index contributed by atoms with van der Waals surface area (Å²) in [5.41, 5.74) is 0. The van der Waals surface area contributed by atoms with Crippen molar-refractivity contribution in [3.8, 4) is 59.2 Å². The quantitative estimate of drug-likeness (QED) is 0.329. The van der Waals surface area contributed by atoms with E-state index >= 15 is 0 Å². The first-order valence-corrected chi connectivity index (χ1v) is 5.15. The lowest BCUT2D eigenvalue weighted by atomic mass is 10.5. The van der Waals surface area contributed by atoms with Crippen LogP contribution in [0.4, 0.5) is 0 Å². The first kappa shape index (κ1) is 14.6. The van der Waals surface area contributed by atoms with Gasteiger partial charge in [0.1, 0.15) is 6.61 Å². The van der Waals surface area contributed by atoms with Crippen molar-refractivity contribution in [1.29, 1.82) is 0 Å². The highest BCUT2D eigenvalue weighted by Crippen LogP contribution is 1.78. The zero-order valence-electron chi connectivity index (χ0n) is 9.18. The van der Waals surface area contributed by atoms with E-state index in [0.717, 1.165) is 0 Å². The van der Waals surface area contributed by atoms with Crippen LogP contribution in [0.5, 0.6) is 0 Å². The van der Waals surface area contributed by atoms with Crippen LogP contribution in [-0.2, 0) is 9.53 Å². The first-order valence-electron chi connectivity index (χ1n) is 4.51. The molecule has 0 fully saturated rings. The van der Waals surface area contributed by atoms with Gasteiger partial charge in [-0.1, -0.05) is 5.92 Å². The Balaban J connectivity index is 4.13. The minimum absolute atomic E-state index is 0.234. The summed E-state index contributed by atoms with van der Waals surface area (Å²) in [6, 6.07) is 0. The number of thiol groups is 1. The van der Waals surface area contributed by atoms with E-state index in [2.05, 4.69) is 76.6 Å². The van der Waals surface area contributed by atoms with Gasteiger partial charge in [0, 0.05) is 11.7 Å². The van der Waals surface area contributed by atoms with Crippen LogP contribution in [-0.4, -0.2) is 18.3 Å². The Bertz CT molecular complexity index is 560. The molecule has 0 N–H and O–H groups in total. The monoisotopic (exact) mass is 240 g/mol. The van der Waals surface area contributed by atoms with E-state index in [1.54, 1.807) is 6.92 Å². The summed E-state index contributed by atoms with van der Waals surface area (Å²) < 4.78 is 4.63. The number of carbonyl (C=O) groups is 1. The molecule has 0 radical (unpaired) electrons. The lowest BCUT2D eigenvalue weighted by Gasteiger charge is -1.92. The molecule has 17 heavy (non-hydrogen) atoms. The van der Waals surface area contributed by atoms with Gasteiger partial charge in [0.25, 0.3) is 0 Å². The van der Waals surface area contributed by atoms with E-state index in [9.17, 15) is 4.79 Å². The van der Waals surface area contributed by atoms with Crippen LogP contribution in [0.3, 0.4) is 0 Å². The molecule has 0 aromatic rings. The van der Waals surface area contributed by atoms with Gasteiger partial charge < -0.3 is 4.74 Å². The van der Waals surface area contributed by atoms with Crippen molar-refractivity contribution in [3.05, 3.63) is 0 Å². The maximum Gasteiger partial charge on any atom is 0.385 e. The summed E-state index contributed by atoms with van der Waals surface area (Å²) >= 11 is 3.87. The van der Waals surface area contributed by atoms with E-state index < -0.39 is 5.97 Å². The van der Waals surface area contributed by atoms with Gasteiger partial charge in [0.15, 0.2) is 0 Å². The minimum Gasteiger partial charge on any atom is -0.455 e. The molecule has 0 rings (SSSR count). The molecule has 0 atom stereocenters. The van der Waals surface area contributed by atoms with Crippen molar-refractivity contribution in [2.24, 2.45) is 0 Å². The Hall–Kier alpha value is -2.38. The fourth-order valence-corrected chi connectivity index (χ4v) is 0.598. The lowest BCUT2D eigenvalue weighted by Crippen LogP contribution is -2.03. The van der Waals surface area contributed by atoms with E-state index in [-0.39, 0.29) is 6.61 Å². The van der Waals surface area contributed by atoms with Crippen molar-refractivity contribution in [2.45, 2.75) is 6.92 Å². The van der Waals surface area contributed by atoms with Gasteiger partial charge in [-0.3, -0.25) is 0 Å². The number of esters is 1. The van der Waals surface area contributed by atoms with Gasteiger partial charge in [0.2, 0.25) is 0 Å². The van der Waals surface area contributed by atoms with Crippen molar-refractivity contribution >= 4 is 18.6 Å². The topological polar surface area (TPSA) is 26.3 Å². The van der Waals surface area contributed by atoms with E-state index in [4.69, 9.17) is 0 Å². The third-order valence-corrected chi connectivity index (χ3v) is 1.23. The average Bonchev–Trinajstić information content (AvgIpc) is 2.34. The van der Waals surface area contributed by atoms with Crippen LogP contribution < -0.4 is 0 Å². The minimum atomic E-state index is -0.626. The first-order chi connectivity index (χ1) is 8.31. The number of rotatable bonds is 2. The molecule has 0 saturated heterocycles. The number of hydrogen-bond acceptors (Lipinski definition) is 3. The van der Waals surface area contributed by atoms with Gasteiger partial charge in [-0.15, -0.1) is 0 Å². The van der Waals surface area contributed by atoms with Crippen LogP contribution in [0.1, 0.15) is 6.92 Å². The van der Waals surface area contributed by atoms with Crippen LogP contribution in [0.2, 0.25) is 0 Å². The zero-order chi connectivity index (χ0) is 12.8. The van der Waals surface area contributed by atoms with Crippen molar-refractivity contribution in [1.82, 2.24) is 0 Å². The van der Waals surface area contributed by atoms with Gasteiger partial charge in [-0.2, -0.15) is 12.6 Å². The van der Waals surface area contributed by atoms with E-state index in [1.807, 2.05) is 0 Å². The van der Waals surface area contributed by atoms with E-state index in [1.165, 1.54) is 0 Å². The molecule has 0 aromatic heterocycles. The van der Waals surface area contributed by atoms with Crippen molar-refractivity contribution < 1.29 is 9.53 Å². The highest BCUT2D eigenvalue weighted by Gasteiger charge is 1.92. The predicted molar refractivity (Wildman–Crippen MR) is 69.4 cm³/mol. The lowest BCUT2D eigenvalue weighted by molar-refractivity contribution is -0.136. The number of hydrogen-bond donors (Lipinski definition) is 1. The van der Waals surface area contributed by atoms with Crippen LogP contribution in [0.25, 0.3) is 0 Å². The third-order valence-electron chi connectivity index (χ3n) is 1.05. The standard InChI is InChI=1S/C14H8O2S/c1-2-3-4-5-6-7-8-9-10-11-14(15)16-12-13-17/h17H,12-13H2,1H3. The molecule has 0 spiro atoms. The SMILES string of the molecule is CC#CC#CC#CC#CC#CC(=O)OCCS. The zero-order valence-corrected chi connectivity index (χ0v) is 10.1. The second-order valence-corrected chi connectivity index (χ2v) is 2.68. The Labute approximate surface area is 107 Å². The summed E-state index contributed by atoms with van der Waals surface area (Å²) in [6.45, 7) is 1.92. The fraction of sp³-hybridized carbons (Fsp3) is 0.214. The van der Waals surface area contributed by atoms with Crippen molar-refractivity contribution in [3.63, 3.8) is 0 Å². The molecular weight excluding hydrogens is 232 g/mol. The van der Waals surface area contributed by atoms with Gasteiger partial charge >= 0.3 is 5.97 Å². The molecule has 0 amide bonds. The normalized spacial score (nSPS) is 5.76. The molecule has 3 heteroatoms. The molecule has 0 unspecified atom stereocenters. The summed E-state index contributed by atoms with van der Waals surface area (Å²) in [6.07, 6.45) is 0. The van der Waals surface area contributed by atoms with Crippen LogP contribution in [0.15, 0.2) is 0 Å². The summed E-state index contributed by atoms with van der Waals surface area (Å²) in [7, 11) is 0. The highest BCUT2D eigenvalue weighted by molar-refractivity contribution is 7.80. The molecule has 0 aliphatic rings. The maximum absolute atomic E-state index is 10.8. The van der Waals surface area contributed by atoms with E-state index in [0.29, 0.717) is 5.75 Å². The van der Waals surface area contributed by atoms with Crippen LogP contribution >= 0.6 is 12.6 Å². The molecule has 0 aromatic carbocycles. The summed E-state index contributed by atoms with van der Waals surface area (Å²) in [4.78, 5) is 10.8.